The second kappa shape index (κ2) is 43.7. The Kier molecular flexibility index (Phi) is 41.7. The van der Waals surface area contributed by atoms with Crippen molar-refractivity contribution >= 4 is 5.91 Å². The molecule has 0 radical (unpaired) electrons. The van der Waals surface area contributed by atoms with Crippen LogP contribution in [0.25, 0.3) is 0 Å². The first kappa shape index (κ1) is 60.2. The van der Waals surface area contributed by atoms with Gasteiger partial charge in [-0.05, 0) is 12.8 Å². The fraction of sp³-hybridized carbons (Fsp3) is 0.981. The van der Waals surface area contributed by atoms with Gasteiger partial charge in [0.15, 0.2) is 6.29 Å². The third-order valence-corrected chi connectivity index (χ3v) is 13.6. The summed E-state index contributed by atoms with van der Waals surface area (Å²) in [7, 11) is 0. The van der Waals surface area contributed by atoms with Crippen molar-refractivity contribution < 1.29 is 44.9 Å². The Morgan fingerprint density at radius 2 is 0.825 bits per heavy atom. The van der Waals surface area contributed by atoms with Crippen LogP contribution in [0.15, 0.2) is 0 Å². The third-order valence-electron chi connectivity index (χ3n) is 13.6. The van der Waals surface area contributed by atoms with Gasteiger partial charge in [0.2, 0.25) is 5.91 Å². The monoisotopic (exact) mass is 900 g/mol. The normalized spacial score (nSPS) is 20.5. The highest BCUT2D eigenvalue weighted by atomic mass is 16.7. The average molecular weight is 900 g/mol. The Balaban J connectivity index is 2.21. The van der Waals surface area contributed by atoms with Gasteiger partial charge in [0, 0.05) is 6.42 Å². The number of nitrogens with one attached hydrogen (secondary N) is 1. The van der Waals surface area contributed by atoms with Gasteiger partial charge in [-0.25, -0.2) is 0 Å². The lowest BCUT2D eigenvalue weighted by Gasteiger charge is -2.40. The molecule has 7 N–H and O–H groups in total. The minimum absolute atomic E-state index is 0.252. The van der Waals surface area contributed by atoms with E-state index in [1.165, 1.54) is 205 Å². The van der Waals surface area contributed by atoms with Crippen molar-refractivity contribution in [2.75, 3.05) is 13.2 Å². The molecule has 1 aliphatic rings. The number of ether oxygens (including phenoxy) is 2. The van der Waals surface area contributed by atoms with Crippen molar-refractivity contribution in [3.8, 4) is 0 Å². The molecule has 10 heteroatoms. The van der Waals surface area contributed by atoms with E-state index in [2.05, 4.69) is 19.2 Å². The predicted molar refractivity (Wildman–Crippen MR) is 260 cm³/mol. The summed E-state index contributed by atoms with van der Waals surface area (Å²) >= 11 is 0. The number of hydrogen-bond acceptors (Lipinski definition) is 9. The van der Waals surface area contributed by atoms with Crippen LogP contribution >= 0.6 is 0 Å². The van der Waals surface area contributed by atoms with Gasteiger partial charge in [-0.15, -0.1) is 0 Å². The van der Waals surface area contributed by atoms with E-state index in [0.29, 0.717) is 6.42 Å². The van der Waals surface area contributed by atoms with Gasteiger partial charge in [0.1, 0.15) is 30.5 Å². The highest BCUT2D eigenvalue weighted by Crippen LogP contribution is 2.23. The molecule has 1 saturated heterocycles. The molecule has 0 aromatic rings. The molecule has 0 aliphatic carbocycles. The van der Waals surface area contributed by atoms with Crippen LogP contribution in [-0.2, 0) is 14.3 Å². The molecule has 1 heterocycles. The lowest BCUT2D eigenvalue weighted by molar-refractivity contribution is -0.303. The van der Waals surface area contributed by atoms with Gasteiger partial charge in [-0.2, -0.15) is 0 Å². The van der Waals surface area contributed by atoms with Gasteiger partial charge >= 0.3 is 0 Å². The number of unbranched alkanes of at least 4 members (excludes halogenated alkanes) is 36. The van der Waals surface area contributed by atoms with Crippen molar-refractivity contribution in [2.45, 2.75) is 320 Å². The molecule has 63 heavy (non-hydrogen) atoms. The molecule has 10 nitrogen and oxygen atoms in total. The predicted octanol–water partition coefficient (Wildman–Crippen LogP) is 11.7. The number of hydrogen-bond donors (Lipinski definition) is 7. The summed E-state index contributed by atoms with van der Waals surface area (Å²) in [5, 5.41) is 65.3. The van der Waals surface area contributed by atoms with E-state index in [-0.39, 0.29) is 18.9 Å². The largest absolute Gasteiger partial charge is 0.394 e. The number of rotatable bonds is 47. The number of aliphatic hydroxyl groups is 6. The molecule has 0 aromatic heterocycles. The molecule has 0 spiro atoms. The van der Waals surface area contributed by atoms with Crippen molar-refractivity contribution in [3.05, 3.63) is 0 Å². The quantitative estimate of drug-likeness (QED) is 0.0294. The van der Waals surface area contributed by atoms with Crippen molar-refractivity contribution in [1.82, 2.24) is 5.32 Å². The maximum absolute atomic E-state index is 13.1. The third kappa shape index (κ3) is 33.3. The van der Waals surface area contributed by atoms with E-state index in [1.54, 1.807) is 0 Å². The molecule has 1 fully saturated rings. The fourth-order valence-corrected chi connectivity index (χ4v) is 9.14. The van der Waals surface area contributed by atoms with Crippen molar-refractivity contribution in [1.29, 1.82) is 0 Å². The summed E-state index contributed by atoms with van der Waals surface area (Å²) in [4.78, 5) is 13.1. The topological polar surface area (TPSA) is 169 Å². The highest BCUT2D eigenvalue weighted by Gasteiger charge is 2.44. The molecule has 1 amide bonds. The Bertz CT molecular complexity index is 973. The van der Waals surface area contributed by atoms with E-state index in [4.69, 9.17) is 9.47 Å². The fourth-order valence-electron chi connectivity index (χ4n) is 9.14. The first-order valence-electron chi connectivity index (χ1n) is 27.3. The van der Waals surface area contributed by atoms with Crippen LogP contribution in [0, 0.1) is 0 Å². The Labute approximate surface area is 387 Å². The minimum atomic E-state index is -1.60. The molecule has 376 valence electrons. The number of carbonyl (C=O) groups excluding carboxylic acids is 1. The molecular formula is C53H105NO9. The second-order valence-electron chi connectivity index (χ2n) is 19.5. The number of carbonyl (C=O) groups is 1. The molecule has 1 rings (SSSR count). The zero-order valence-corrected chi connectivity index (χ0v) is 41.2. The molecule has 2 unspecified atom stereocenters. The second-order valence-corrected chi connectivity index (χ2v) is 19.5. The molecule has 0 bridgehead atoms. The Morgan fingerprint density at radius 3 is 1.17 bits per heavy atom. The van der Waals surface area contributed by atoms with E-state index in [9.17, 15) is 35.4 Å². The van der Waals surface area contributed by atoms with Crippen LogP contribution in [0.2, 0.25) is 0 Å². The van der Waals surface area contributed by atoms with Crippen molar-refractivity contribution in [3.63, 3.8) is 0 Å². The van der Waals surface area contributed by atoms with Crippen LogP contribution in [0.3, 0.4) is 0 Å². The molecular weight excluding hydrogens is 795 g/mol. The van der Waals surface area contributed by atoms with E-state index in [1.807, 2.05) is 0 Å². The van der Waals surface area contributed by atoms with Crippen LogP contribution < -0.4 is 5.32 Å². The molecule has 8 atom stereocenters. The zero-order chi connectivity index (χ0) is 46.0. The average Bonchev–Trinajstić information content (AvgIpc) is 3.28. The zero-order valence-electron chi connectivity index (χ0n) is 41.2. The number of amides is 1. The van der Waals surface area contributed by atoms with E-state index >= 15 is 0 Å². The van der Waals surface area contributed by atoms with Crippen molar-refractivity contribution in [2.24, 2.45) is 0 Å². The Morgan fingerprint density at radius 1 is 0.492 bits per heavy atom. The number of aliphatic hydroxyl groups excluding tert-OH is 6. The first-order chi connectivity index (χ1) is 30.8. The lowest BCUT2D eigenvalue weighted by atomic mass is 9.98. The van der Waals surface area contributed by atoms with E-state index < -0.39 is 55.6 Å². The van der Waals surface area contributed by atoms with Gasteiger partial charge in [0.25, 0.3) is 0 Å². The van der Waals surface area contributed by atoms with Crippen LogP contribution in [0.5, 0.6) is 0 Å². The standard InChI is InChI=1S/C53H105NO9/c1-3-5-7-9-11-13-15-17-18-19-20-21-22-23-24-25-26-27-28-29-30-32-34-36-38-40-42-48(57)54-45(44-62-53-52(61)51(60)50(59)47(43-55)63-53)49(58)46(56)41-39-37-35-33-31-16-14-12-10-8-6-4-2/h45-47,49-53,55-56,58-61H,3-44H2,1-2H3,(H,54,57)/t45-,46+,47+,49-,50-,51?,52?,53+/m0/s1. The minimum Gasteiger partial charge on any atom is -0.394 e. The summed E-state index contributed by atoms with van der Waals surface area (Å²) < 4.78 is 11.2. The SMILES string of the molecule is CCCCCCCCCCCCCCCCCCCCCCCCCCCCC(=O)N[C@@H](CO[C@@H]1O[C@H](CO)[C@H](O)C(O)C1O)[C@H](O)[C@H](O)CCCCCCCCCCCCCC. The van der Waals surface area contributed by atoms with Crippen LogP contribution in [-0.4, -0.2) is 98.7 Å². The molecule has 0 aromatic carbocycles. The summed E-state index contributed by atoms with van der Waals surface area (Å²) in [5.74, 6) is -0.252. The maximum Gasteiger partial charge on any atom is 0.220 e. The molecule has 0 saturated carbocycles. The smallest absolute Gasteiger partial charge is 0.220 e. The highest BCUT2D eigenvalue weighted by molar-refractivity contribution is 5.76. The summed E-state index contributed by atoms with van der Waals surface area (Å²) in [6.45, 7) is 3.63. The van der Waals surface area contributed by atoms with Gasteiger partial charge < -0.3 is 45.4 Å². The van der Waals surface area contributed by atoms with Gasteiger partial charge in [-0.3, -0.25) is 4.79 Å². The summed E-state index contributed by atoms with van der Waals surface area (Å²) in [5.41, 5.74) is 0. The van der Waals surface area contributed by atoms with Crippen LogP contribution in [0.4, 0.5) is 0 Å². The van der Waals surface area contributed by atoms with Gasteiger partial charge in [0.05, 0.1) is 25.4 Å². The first-order valence-corrected chi connectivity index (χ1v) is 27.3. The van der Waals surface area contributed by atoms with E-state index in [0.717, 1.165) is 38.5 Å². The Hall–Kier alpha value is -0.850. The maximum atomic E-state index is 13.1. The lowest BCUT2D eigenvalue weighted by Crippen LogP contribution is -2.60. The summed E-state index contributed by atoms with van der Waals surface area (Å²) in [6.07, 6.45) is 39.9. The summed E-state index contributed by atoms with van der Waals surface area (Å²) in [6, 6.07) is -0.985. The van der Waals surface area contributed by atoms with Gasteiger partial charge in [-0.1, -0.05) is 251 Å². The van der Waals surface area contributed by atoms with Crippen LogP contribution in [0.1, 0.15) is 271 Å². The molecule has 1 aliphatic heterocycles.